The highest BCUT2D eigenvalue weighted by molar-refractivity contribution is 5.95. The lowest BCUT2D eigenvalue weighted by Gasteiger charge is -2.14. The van der Waals surface area contributed by atoms with Crippen LogP contribution in [0.3, 0.4) is 0 Å². The lowest BCUT2D eigenvalue weighted by atomic mass is 10.1. The highest BCUT2D eigenvalue weighted by Gasteiger charge is 2.26. The SMILES string of the molecule is COc1cc(-c2cc(=O)c3c(O)c(OC)c(O)c(OC)c3o2)c(O)cc1O. The number of phenolic OH excluding ortho intramolecular Hbond substituents is 4. The fourth-order valence-electron chi connectivity index (χ4n) is 2.75. The Kier molecular flexibility index (Phi) is 4.36. The van der Waals surface area contributed by atoms with Crippen LogP contribution in [0.15, 0.2) is 27.4 Å². The lowest BCUT2D eigenvalue weighted by Crippen LogP contribution is -2.03. The van der Waals surface area contributed by atoms with E-state index in [4.69, 9.17) is 18.6 Å². The molecule has 1 aromatic heterocycles. The minimum absolute atomic E-state index is 0.0398. The Hall–Kier alpha value is -3.75. The highest BCUT2D eigenvalue weighted by atomic mass is 16.5. The van der Waals surface area contributed by atoms with Gasteiger partial charge in [-0.2, -0.15) is 0 Å². The Balaban J connectivity index is 2.41. The summed E-state index contributed by atoms with van der Waals surface area (Å²) in [5.74, 6) is -2.49. The van der Waals surface area contributed by atoms with E-state index >= 15 is 0 Å². The van der Waals surface area contributed by atoms with Gasteiger partial charge in [-0.15, -0.1) is 0 Å². The molecule has 0 atom stereocenters. The van der Waals surface area contributed by atoms with Crippen LogP contribution in [0, 0.1) is 0 Å². The fraction of sp³-hybridized carbons (Fsp3) is 0.167. The van der Waals surface area contributed by atoms with Crippen molar-refractivity contribution < 1.29 is 39.1 Å². The molecule has 142 valence electrons. The molecule has 0 saturated carbocycles. The van der Waals surface area contributed by atoms with Crippen LogP contribution in [0.2, 0.25) is 0 Å². The molecule has 0 aliphatic heterocycles. The molecule has 4 N–H and O–H groups in total. The van der Waals surface area contributed by atoms with Crippen molar-refractivity contribution in [3.8, 4) is 51.6 Å². The zero-order chi connectivity index (χ0) is 19.9. The molecule has 3 aromatic rings. The number of fused-ring (bicyclic) bond motifs is 1. The van der Waals surface area contributed by atoms with Gasteiger partial charge in [0.15, 0.2) is 28.3 Å². The molecular weight excluding hydrogens is 360 g/mol. The number of hydrogen-bond acceptors (Lipinski definition) is 9. The highest BCUT2D eigenvalue weighted by Crippen LogP contribution is 2.49. The Morgan fingerprint density at radius 3 is 2.07 bits per heavy atom. The second kappa shape index (κ2) is 6.52. The Morgan fingerprint density at radius 1 is 0.815 bits per heavy atom. The molecule has 9 heteroatoms. The predicted octanol–water partition coefficient (Wildman–Crippen LogP) is 2.31. The number of methoxy groups -OCH3 is 3. The third-order valence-corrected chi connectivity index (χ3v) is 4.01. The number of rotatable bonds is 4. The molecule has 2 aromatic carbocycles. The molecule has 9 nitrogen and oxygen atoms in total. The molecule has 0 aliphatic carbocycles. The molecular formula is C18H16O9. The zero-order valence-corrected chi connectivity index (χ0v) is 14.6. The summed E-state index contributed by atoms with van der Waals surface area (Å²) in [5, 5.41) is 40.1. The van der Waals surface area contributed by atoms with Crippen molar-refractivity contribution in [2.45, 2.75) is 0 Å². The first kappa shape index (κ1) is 18.1. The first-order chi connectivity index (χ1) is 12.8. The number of ether oxygens (including phenoxy) is 3. The third kappa shape index (κ3) is 2.69. The molecule has 0 spiro atoms. The zero-order valence-electron chi connectivity index (χ0n) is 14.6. The summed E-state index contributed by atoms with van der Waals surface area (Å²) in [6.07, 6.45) is 0. The Bertz CT molecular complexity index is 1100. The average Bonchev–Trinajstić information content (AvgIpc) is 2.62. The maximum absolute atomic E-state index is 12.6. The monoisotopic (exact) mass is 376 g/mol. The van der Waals surface area contributed by atoms with Crippen molar-refractivity contribution in [2.75, 3.05) is 21.3 Å². The van der Waals surface area contributed by atoms with Crippen molar-refractivity contribution >= 4 is 11.0 Å². The standard InChI is InChI=1S/C18H16O9/c1-24-12-4-7(8(19)5-9(12)20)11-6-10(21)13-14(22)17(25-2)15(23)18(26-3)16(13)27-11/h4-6,19-20,22-23H,1-3H3. The van der Waals surface area contributed by atoms with E-state index in [1.807, 2.05) is 0 Å². The van der Waals surface area contributed by atoms with Crippen molar-refractivity contribution in [1.29, 1.82) is 0 Å². The van der Waals surface area contributed by atoms with Crippen molar-refractivity contribution in [1.82, 2.24) is 0 Å². The van der Waals surface area contributed by atoms with Crippen LogP contribution in [0.4, 0.5) is 0 Å². The van der Waals surface area contributed by atoms with E-state index in [1.165, 1.54) is 27.4 Å². The molecule has 0 radical (unpaired) electrons. The van der Waals surface area contributed by atoms with Gasteiger partial charge in [-0.05, 0) is 6.07 Å². The number of benzene rings is 2. The maximum Gasteiger partial charge on any atom is 0.208 e. The smallest absolute Gasteiger partial charge is 0.208 e. The minimum atomic E-state index is -0.674. The third-order valence-electron chi connectivity index (χ3n) is 4.01. The summed E-state index contributed by atoms with van der Waals surface area (Å²) < 4.78 is 20.6. The Morgan fingerprint density at radius 2 is 1.48 bits per heavy atom. The molecule has 0 fully saturated rings. The molecule has 0 bridgehead atoms. The Labute approximate surface area is 152 Å². The lowest BCUT2D eigenvalue weighted by molar-refractivity contribution is 0.323. The van der Waals surface area contributed by atoms with Gasteiger partial charge in [0.2, 0.25) is 17.2 Å². The van der Waals surface area contributed by atoms with Gasteiger partial charge < -0.3 is 39.1 Å². The van der Waals surface area contributed by atoms with Gasteiger partial charge in [0, 0.05) is 12.1 Å². The van der Waals surface area contributed by atoms with Crippen LogP contribution in [0.5, 0.6) is 40.2 Å². The van der Waals surface area contributed by atoms with Gasteiger partial charge >= 0.3 is 0 Å². The minimum Gasteiger partial charge on any atom is -0.507 e. The van der Waals surface area contributed by atoms with Crippen LogP contribution in [0.25, 0.3) is 22.3 Å². The second-order valence-corrected chi connectivity index (χ2v) is 5.48. The van der Waals surface area contributed by atoms with Gasteiger partial charge in [-0.3, -0.25) is 4.79 Å². The summed E-state index contributed by atoms with van der Waals surface area (Å²) in [6.45, 7) is 0. The van der Waals surface area contributed by atoms with Crippen molar-refractivity contribution in [3.05, 3.63) is 28.4 Å². The van der Waals surface area contributed by atoms with Crippen molar-refractivity contribution in [2.24, 2.45) is 0 Å². The largest absolute Gasteiger partial charge is 0.507 e. The van der Waals surface area contributed by atoms with Gasteiger partial charge in [-0.1, -0.05) is 0 Å². The topological polar surface area (TPSA) is 139 Å². The van der Waals surface area contributed by atoms with E-state index in [0.717, 1.165) is 12.1 Å². The van der Waals surface area contributed by atoms with Crippen LogP contribution in [-0.4, -0.2) is 41.8 Å². The summed E-state index contributed by atoms with van der Waals surface area (Å²) in [4.78, 5) is 12.6. The van der Waals surface area contributed by atoms with E-state index in [0.29, 0.717) is 0 Å². The van der Waals surface area contributed by atoms with Gasteiger partial charge in [0.05, 0.1) is 26.9 Å². The van der Waals surface area contributed by atoms with Crippen LogP contribution < -0.4 is 19.6 Å². The van der Waals surface area contributed by atoms with Gasteiger partial charge in [-0.25, -0.2) is 0 Å². The quantitative estimate of drug-likeness (QED) is 0.540. The van der Waals surface area contributed by atoms with Gasteiger partial charge in [0.25, 0.3) is 0 Å². The summed E-state index contributed by atoms with van der Waals surface area (Å²) >= 11 is 0. The molecule has 0 unspecified atom stereocenters. The fourth-order valence-corrected chi connectivity index (χ4v) is 2.75. The first-order valence-electron chi connectivity index (χ1n) is 7.58. The van der Waals surface area contributed by atoms with Crippen LogP contribution >= 0.6 is 0 Å². The van der Waals surface area contributed by atoms with E-state index < -0.39 is 16.9 Å². The summed E-state index contributed by atoms with van der Waals surface area (Å²) in [5.41, 5.74) is -0.880. The maximum atomic E-state index is 12.6. The average molecular weight is 376 g/mol. The summed E-state index contributed by atoms with van der Waals surface area (Å²) in [6, 6.07) is 3.33. The summed E-state index contributed by atoms with van der Waals surface area (Å²) in [7, 11) is 3.76. The molecule has 0 amide bonds. The normalized spacial score (nSPS) is 10.8. The van der Waals surface area contributed by atoms with E-state index in [9.17, 15) is 25.2 Å². The van der Waals surface area contributed by atoms with E-state index in [-0.39, 0.29) is 51.0 Å². The molecule has 3 rings (SSSR count). The number of hydrogen-bond donors (Lipinski definition) is 4. The first-order valence-corrected chi connectivity index (χ1v) is 7.58. The van der Waals surface area contributed by atoms with Crippen molar-refractivity contribution in [3.63, 3.8) is 0 Å². The van der Waals surface area contributed by atoms with Crippen LogP contribution in [0.1, 0.15) is 0 Å². The molecule has 1 heterocycles. The second-order valence-electron chi connectivity index (χ2n) is 5.48. The van der Waals surface area contributed by atoms with Gasteiger partial charge in [0.1, 0.15) is 16.9 Å². The number of aromatic hydroxyl groups is 4. The molecule has 0 saturated heterocycles. The predicted molar refractivity (Wildman–Crippen MR) is 94.2 cm³/mol. The van der Waals surface area contributed by atoms with E-state index in [1.54, 1.807) is 0 Å². The molecule has 0 aliphatic rings. The van der Waals surface area contributed by atoms with Crippen LogP contribution in [-0.2, 0) is 0 Å². The van der Waals surface area contributed by atoms with E-state index in [2.05, 4.69) is 0 Å². The molecule has 27 heavy (non-hydrogen) atoms. The number of phenols is 4.